The second kappa shape index (κ2) is 7.88. The molecule has 2 N–H and O–H groups in total. The Morgan fingerprint density at radius 1 is 1.14 bits per heavy atom. The Bertz CT molecular complexity index is 580. The monoisotopic (exact) mass is 319 g/mol. The minimum Gasteiger partial charge on any atom is -0.327 e. The summed E-state index contributed by atoms with van der Waals surface area (Å²) in [7, 11) is 0. The number of hydrogen-bond donors (Lipinski definition) is 1. The van der Waals surface area contributed by atoms with Gasteiger partial charge in [-0.1, -0.05) is 48.4 Å². The maximum absolute atomic E-state index is 6.12. The van der Waals surface area contributed by atoms with Crippen LogP contribution >= 0.6 is 23.4 Å². The van der Waals surface area contributed by atoms with E-state index in [4.69, 9.17) is 17.3 Å². The molecule has 0 saturated heterocycles. The molecule has 0 amide bonds. The number of hydrogen-bond acceptors (Lipinski definition) is 2. The van der Waals surface area contributed by atoms with Crippen LogP contribution in [0.1, 0.15) is 30.0 Å². The van der Waals surface area contributed by atoms with Gasteiger partial charge in [-0.3, -0.25) is 0 Å². The Labute approximate surface area is 136 Å². The van der Waals surface area contributed by atoms with Gasteiger partial charge in [-0.05, 0) is 49.1 Å². The van der Waals surface area contributed by atoms with E-state index in [-0.39, 0.29) is 6.04 Å². The molecular weight excluding hydrogens is 298 g/mol. The van der Waals surface area contributed by atoms with E-state index in [2.05, 4.69) is 44.2 Å². The summed E-state index contributed by atoms with van der Waals surface area (Å²) in [4.78, 5) is 1.33. The quantitative estimate of drug-likeness (QED) is 0.739. The van der Waals surface area contributed by atoms with E-state index in [1.54, 1.807) is 0 Å². The molecule has 21 heavy (non-hydrogen) atoms. The van der Waals surface area contributed by atoms with E-state index in [1.165, 1.54) is 21.6 Å². The maximum atomic E-state index is 6.12. The van der Waals surface area contributed by atoms with E-state index in [0.29, 0.717) is 0 Å². The zero-order valence-electron chi connectivity index (χ0n) is 12.6. The lowest BCUT2D eigenvalue weighted by Gasteiger charge is -2.14. The van der Waals surface area contributed by atoms with Crippen molar-refractivity contribution in [1.82, 2.24) is 0 Å². The Balaban J connectivity index is 2.09. The number of aryl methyl sites for hydroxylation is 1. The van der Waals surface area contributed by atoms with Gasteiger partial charge in [0.1, 0.15) is 0 Å². The summed E-state index contributed by atoms with van der Waals surface area (Å²) in [5, 5.41) is 0.786. The third kappa shape index (κ3) is 5.06. The molecule has 0 saturated carbocycles. The number of thioether (sulfide) groups is 1. The summed E-state index contributed by atoms with van der Waals surface area (Å²) < 4.78 is 0. The fourth-order valence-electron chi connectivity index (χ4n) is 2.18. The molecule has 1 nitrogen and oxygen atoms in total. The molecule has 0 bridgehead atoms. The van der Waals surface area contributed by atoms with Crippen molar-refractivity contribution in [2.75, 3.05) is 0 Å². The fourth-order valence-corrected chi connectivity index (χ4v) is 3.31. The Hall–Kier alpha value is -0.960. The number of rotatable bonds is 6. The first-order valence-electron chi connectivity index (χ1n) is 7.31. The normalized spacial score (nSPS) is 12.4. The van der Waals surface area contributed by atoms with Gasteiger partial charge in [0.2, 0.25) is 0 Å². The first-order chi connectivity index (χ1) is 10.1. The van der Waals surface area contributed by atoms with E-state index in [1.807, 2.05) is 23.9 Å². The fraction of sp³-hybridized carbons (Fsp3) is 0.333. The van der Waals surface area contributed by atoms with Crippen molar-refractivity contribution in [1.29, 1.82) is 0 Å². The van der Waals surface area contributed by atoms with Crippen LogP contribution in [0.25, 0.3) is 0 Å². The van der Waals surface area contributed by atoms with Crippen molar-refractivity contribution in [3.05, 3.63) is 64.2 Å². The minimum absolute atomic E-state index is 0.238. The van der Waals surface area contributed by atoms with Crippen molar-refractivity contribution >= 4 is 23.4 Å². The molecule has 1 atom stereocenters. The van der Waals surface area contributed by atoms with Crippen LogP contribution in [0.2, 0.25) is 5.02 Å². The molecule has 112 valence electrons. The lowest BCUT2D eigenvalue weighted by molar-refractivity contribution is 0.641. The van der Waals surface area contributed by atoms with Crippen LogP contribution in [-0.2, 0) is 12.2 Å². The SMILES string of the molecule is CCC(N)Cc1cc(C)ccc1SCc1ccc(Cl)cc1. The first kappa shape index (κ1) is 16.4. The zero-order valence-corrected chi connectivity index (χ0v) is 14.2. The predicted molar refractivity (Wildman–Crippen MR) is 94.2 cm³/mol. The van der Waals surface area contributed by atoms with E-state index < -0.39 is 0 Å². The average Bonchev–Trinajstić information content (AvgIpc) is 2.48. The summed E-state index contributed by atoms with van der Waals surface area (Å²) in [6, 6.07) is 14.9. The standard InChI is InChI=1S/C18H22ClNS/c1-3-17(20)11-15-10-13(2)4-9-18(15)21-12-14-5-7-16(19)8-6-14/h4-10,17H,3,11-12,20H2,1-2H3. The lowest BCUT2D eigenvalue weighted by atomic mass is 10.0. The molecule has 0 fully saturated rings. The van der Waals surface area contributed by atoms with Gasteiger partial charge in [0.25, 0.3) is 0 Å². The van der Waals surface area contributed by atoms with Crippen LogP contribution < -0.4 is 5.73 Å². The molecule has 0 heterocycles. The van der Waals surface area contributed by atoms with Crippen molar-refractivity contribution in [2.45, 2.75) is 43.4 Å². The van der Waals surface area contributed by atoms with Gasteiger partial charge < -0.3 is 5.73 Å². The molecular formula is C18H22ClNS. The average molecular weight is 320 g/mol. The summed E-state index contributed by atoms with van der Waals surface area (Å²) in [6.45, 7) is 4.27. The number of nitrogens with two attached hydrogens (primary N) is 1. The molecule has 2 rings (SSSR count). The predicted octanol–water partition coefficient (Wildman–Crippen LogP) is 5.22. The molecule has 0 aliphatic carbocycles. The summed E-state index contributed by atoms with van der Waals surface area (Å²) in [5.41, 5.74) is 10.1. The molecule has 1 unspecified atom stereocenters. The van der Waals surface area contributed by atoms with Crippen LogP contribution in [0.4, 0.5) is 0 Å². The Morgan fingerprint density at radius 2 is 1.86 bits per heavy atom. The maximum Gasteiger partial charge on any atom is 0.0406 e. The van der Waals surface area contributed by atoms with Crippen molar-refractivity contribution < 1.29 is 0 Å². The highest BCUT2D eigenvalue weighted by Gasteiger charge is 2.08. The molecule has 0 aliphatic heterocycles. The number of halogens is 1. The second-order valence-electron chi connectivity index (χ2n) is 5.40. The largest absolute Gasteiger partial charge is 0.327 e. The van der Waals surface area contributed by atoms with E-state index >= 15 is 0 Å². The van der Waals surface area contributed by atoms with Gasteiger partial charge in [-0.15, -0.1) is 11.8 Å². The van der Waals surface area contributed by atoms with Crippen LogP contribution in [0, 0.1) is 6.92 Å². The van der Waals surface area contributed by atoms with Gasteiger partial charge in [0.05, 0.1) is 0 Å². The van der Waals surface area contributed by atoms with Crippen LogP contribution in [0.15, 0.2) is 47.4 Å². The molecule has 0 aliphatic rings. The van der Waals surface area contributed by atoms with Crippen molar-refractivity contribution in [3.63, 3.8) is 0 Å². The topological polar surface area (TPSA) is 26.0 Å². The van der Waals surface area contributed by atoms with Gasteiger partial charge in [0.15, 0.2) is 0 Å². The second-order valence-corrected chi connectivity index (χ2v) is 6.85. The highest BCUT2D eigenvalue weighted by molar-refractivity contribution is 7.98. The van der Waals surface area contributed by atoms with Gasteiger partial charge in [0, 0.05) is 21.7 Å². The molecule has 2 aromatic rings. The lowest BCUT2D eigenvalue weighted by Crippen LogP contribution is -2.21. The van der Waals surface area contributed by atoms with Crippen LogP contribution in [-0.4, -0.2) is 6.04 Å². The first-order valence-corrected chi connectivity index (χ1v) is 8.67. The van der Waals surface area contributed by atoms with Gasteiger partial charge >= 0.3 is 0 Å². The summed E-state index contributed by atoms with van der Waals surface area (Å²) in [5.74, 6) is 0.953. The smallest absolute Gasteiger partial charge is 0.0406 e. The van der Waals surface area contributed by atoms with Crippen LogP contribution in [0.3, 0.4) is 0 Å². The molecule has 0 spiro atoms. The summed E-state index contributed by atoms with van der Waals surface area (Å²) in [6.07, 6.45) is 1.95. The van der Waals surface area contributed by atoms with Crippen molar-refractivity contribution in [2.24, 2.45) is 5.73 Å². The molecule has 0 aromatic heterocycles. The number of benzene rings is 2. The van der Waals surface area contributed by atoms with E-state index in [0.717, 1.165) is 23.6 Å². The van der Waals surface area contributed by atoms with Gasteiger partial charge in [-0.2, -0.15) is 0 Å². The summed E-state index contributed by atoms with van der Waals surface area (Å²) >= 11 is 7.79. The molecule has 3 heteroatoms. The van der Waals surface area contributed by atoms with E-state index in [9.17, 15) is 0 Å². The van der Waals surface area contributed by atoms with Crippen LogP contribution in [0.5, 0.6) is 0 Å². The highest BCUT2D eigenvalue weighted by Crippen LogP contribution is 2.28. The van der Waals surface area contributed by atoms with Crippen molar-refractivity contribution in [3.8, 4) is 0 Å². The highest BCUT2D eigenvalue weighted by atomic mass is 35.5. The molecule has 2 aromatic carbocycles. The third-order valence-corrected chi connectivity index (χ3v) is 4.97. The minimum atomic E-state index is 0.238. The third-order valence-electron chi connectivity index (χ3n) is 3.53. The Morgan fingerprint density at radius 3 is 2.52 bits per heavy atom. The molecule has 0 radical (unpaired) electrons. The zero-order chi connectivity index (χ0) is 15.2. The Kier molecular flexibility index (Phi) is 6.16. The van der Waals surface area contributed by atoms with Gasteiger partial charge in [-0.25, -0.2) is 0 Å².